The lowest BCUT2D eigenvalue weighted by atomic mass is 10.0. The van der Waals surface area contributed by atoms with Gasteiger partial charge in [-0.3, -0.25) is 9.78 Å². The summed E-state index contributed by atoms with van der Waals surface area (Å²) < 4.78 is 0. The Balaban J connectivity index is 2.27. The summed E-state index contributed by atoms with van der Waals surface area (Å²) in [5, 5.41) is 0. The molecule has 3 heteroatoms. The van der Waals surface area contributed by atoms with Gasteiger partial charge in [-0.15, -0.1) is 0 Å². The summed E-state index contributed by atoms with van der Waals surface area (Å²) in [5.74, 6) is -0.104. The van der Waals surface area contributed by atoms with Crippen molar-refractivity contribution in [3.8, 4) is 0 Å². The van der Waals surface area contributed by atoms with Crippen LogP contribution in [-0.2, 0) is 0 Å². The zero-order valence-electron chi connectivity index (χ0n) is 9.63. The molecule has 0 aliphatic rings. The minimum absolute atomic E-state index is 0.104. The van der Waals surface area contributed by atoms with E-state index in [1.165, 1.54) is 0 Å². The molecule has 3 nitrogen and oxygen atoms in total. The average molecular weight is 226 g/mol. The number of rotatable bonds is 3. The number of carbonyl (C=O) groups excluding carboxylic acids is 1. The number of aromatic nitrogens is 1. The van der Waals surface area contributed by atoms with Crippen molar-refractivity contribution >= 4 is 5.78 Å². The molecule has 0 aliphatic carbocycles. The van der Waals surface area contributed by atoms with E-state index in [1.807, 2.05) is 31.2 Å². The standard InChI is InChI=1S/C14H14N2O/c1-10-5-4-6-11(9-10)14(17)13(15)12-7-2-3-8-16-12/h2-9,13H,15H2,1H3. The van der Waals surface area contributed by atoms with Gasteiger partial charge in [0.05, 0.1) is 5.69 Å². The molecule has 2 rings (SSSR count). The third kappa shape index (κ3) is 2.57. The zero-order valence-corrected chi connectivity index (χ0v) is 9.63. The van der Waals surface area contributed by atoms with E-state index >= 15 is 0 Å². The molecule has 0 saturated carbocycles. The molecule has 17 heavy (non-hydrogen) atoms. The molecule has 0 amide bonds. The van der Waals surface area contributed by atoms with Crippen LogP contribution in [0.15, 0.2) is 48.7 Å². The Labute approximate surface area is 100 Å². The molecule has 1 aromatic heterocycles. The van der Waals surface area contributed by atoms with E-state index in [1.54, 1.807) is 24.4 Å². The predicted molar refractivity (Wildman–Crippen MR) is 66.7 cm³/mol. The first-order valence-corrected chi connectivity index (χ1v) is 5.46. The van der Waals surface area contributed by atoms with Crippen LogP contribution in [-0.4, -0.2) is 10.8 Å². The molecule has 1 atom stereocenters. The molecule has 0 fully saturated rings. The van der Waals surface area contributed by atoms with Gasteiger partial charge in [-0.1, -0.05) is 29.8 Å². The minimum atomic E-state index is -0.696. The smallest absolute Gasteiger partial charge is 0.185 e. The molecule has 1 heterocycles. The molecule has 1 aromatic carbocycles. The van der Waals surface area contributed by atoms with E-state index in [0.717, 1.165) is 5.56 Å². The summed E-state index contributed by atoms with van der Waals surface area (Å²) in [4.78, 5) is 16.2. The van der Waals surface area contributed by atoms with Crippen molar-refractivity contribution in [2.75, 3.05) is 0 Å². The summed E-state index contributed by atoms with van der Waals surface area (Å²) in [6.07, 6.45) is 1.64. The number of nitrogens with two attached hydrogens (primary N) is 1. The molecule has 2 N–H and O–H groups in total. The zero-order chi connectivity index (χ0) is 12.3. The monoisotopic (exact) mass is 226 g/mol. The third-order valence-corrected chi connectivity index (χ3v) is 2.59. The number of carbonyl (C=O) groups is 1. The van der Waals surface area contributed by atoms with Crippen molar-refractivity contribution in [3.63, 3.8) is 0 Å². The minimum Gasteiger partial charge on any atom is -0.316 e. The Hall–Kier alpha value is -2.00. The average Bonchev–Trinajstić information content (AvgIpc) is 2.38. The Morgan fingerprint density at radius 1 is 1.24 bits per heavy atom. The second-order valence-corrected chi connectivity index (χ2v) is 3.97. The van der Waals surface area contributed by atoms with Crippen LogP contribution >= 0.6 is 0 Å². The molecule has 0 aliphatic heterocycles. The molecular formula is C14H14N2O. The maximum absolute atomic E-state index is 12.1. The van der Waals surface area contributed by atoms with Gasteiger partial charge in [-0.2, -0.15) is 0 Å². The Kier molecular flexibility index (Phi) is 3.30. The summed E-state index contributed by atoms with van der Waals surface area (Å²) in [7, 11) is 0. The first-order chi connectivity index (χ1) is 8.18. The van der Waals surface area contributed by atoms with Crippen LogP contribution < -0.4 is 5.73 Å². The van der Waals surface area contributed by atoms with Gasteiger partial charge in [0.25, 0.3) is 0 Å². The summed E-state index contributed by atoms with van der Waals surface area (Å²) in [5.41, 5.74) is 8.18. The molecule has 0 saturated heterocycles. The summed E-state index contributed by atoms with van der Waals surface area (Å²) in [6.45, 7) is 1.95. The number of aryl methyl sites for hydroxylation is 1. The first kappa shape index (κ1) is 11.5. The van der Waals surface area contributed by atoms with E-state index < -0.39 is 6.04 Å². The van der Waals surface area contributed by atoms with Crippen LogP contribution in [0.4, 0.5) is 0 Å². The van der Waals surface area contributed by atoms with Crippen LogP contribution in [0.5, 0.6) is 0 Å². The molecule has 1 unspecified atom stereocenters. The van der Waals surface area contributed by atoms with Crippen LogP contribution in [0.1, 0.15) is 27.7 Å². The van der Waals surface area contributed by atoms with E-state index in [9.17, 15) is 4.79 Å². The molecule has 86 valence electrons. The van der Waals surface area contributed by atoms with Gasteiger partial charge in [-0.25, -0.2) is 0 Å². The van der Waals surface area contributed by atoms with Gasteiger partial charge in [0.15, 0.2) is 5.78 Å². The molecule has 0 bridgehead atoms. The fourth-order valence-corrected chi connectivity index (χ4v) is 1.67. The summed E-state index contributed by atoms with van der Waals surface area (Å²) in [6, 6.07) is 12.1. The first-order valence-electron chi connectivity index (χ1n) is 5.46. The Morgan fingerprint density at radius 2 is 2.06 bits per heavy atom. The number of Topliss-reactive ketones (excluding diaryl/α,β-unsaturated/α-hetero) is 1. The topological polar surface area (TPSA) is 56.0 Å². The van der Waals surface area contributed by atoms with Gasteiger partial charge < -0.3 is 5.73 Å². The molecule has 2 aromatic rings. The number of ketones is 1. The fourth-order valence-electron chi connectivity index (χ4n) is 1.67. The molecule has 0 radical (unpaired) electrons. The normalized spacial score (nSPS) is 12.1. The van der Waals surface area contributed by atoms with Crippen molar-refractivity contribution in [1.29, 1.82) is 0 Å². The van der Waals surface area contributed by atoms with Crippen molar-refractivity contribution in [1.82, 2.24) is 4.98 Å². The highest BCUT2D eigenvalue weighted by atomic mass is 16.1. The predicted octanol–water partition coefficient (Wildman–Crippen LogP) is 2.27. The Bertz CT molecular complexity index is 523. The highest BCUT2D eigenvalue weighted by Gasteiger charge is 2.18. The fraction of sp³-hybridized carbons (Fsp3) is 0.143. The highest BCUT2D eigenvalue weighted by Crippen LogP contribution is 2.14. The quantitative estimate of drug-likeness (QED) is 0.817. The van der Waals surface area contributed by atoms with Crippen LogP contribution in [0.3, 0.4) is 0 Å². The number of nitrogens with zero attached hydrogens (tertiary/aromatic N) is 1. The largest absolute Gasteiger partial charge is 0.316 e. The SMILES string of the molecule is Cc1cccc(C(=O)C(N)c2ccccn2)c1. The maximum Gasteiger partial charge on any atom is 0.185 e. The lowest BCUT2D eigenvalue weighted by molar-refractivity contribution is 0.0959. The van der Waals surface area contributed by atoms with E-state index in [2.05, 4.69) is 4.98 Å². The maximum atomic E-state index is 12.1. The number of pyridine rings is 1. The molecular weight excluding hydrogens is 212 g/mol. The van der Waals surface area contributed by atoms with Crippen LogP contribution in [0.2, 0.25) is 0 Å². The number of benzene rings is 1. The van der Waals surface area contributed by atoms with E-state index in [4.69, 9.17) is 5.73 Å². The second kappa shape index (κ2) is 4.89. The van der Waals surface area contributed by atoms with E-state index in [-0.39, 0.29) is 5.78 Å². The van der Waals surface area contributed by atoms with Crippen LogP contribution in [0.25, 0.3) is 0 Å². The molecule has 0 spiro atoms. The highest BCUT2D eigenvalue weighted by molar-refractivity contribution is 6.00. The second-order valence-electron chi connectivity index (χ2n) is 3.97. The lowest BCUT2D eigenvalue weighted by Gasteiger charge is -2.10. The van der Waals surface area contributed by atoms with Crippen molar-refractivity contribution in [2.24, 2.45) is 5.73 Å². The van der Waals surface area contributed by atoms with Gasteiger partial charge in [0, 0.05) is 11.8 Å². The third-order valence-electron chi connectivity index (χ3n) is 2.59. The van der Waals surface area contributed by atoms with Gasteiger partial charge in [0.2, 0.25) is 0 Å². The van der Waals surface area contributed by atoms with Gasteiger partial charge in [-0.05, 0) is 25.1 Å². The lowest BCUT2D eigenvalue weighted by Crippen LogP contribution is -2.22. The van der Waals surface area contributed by atoms with Gasteiger partial charge in [0.1, 0.15) is 6.04 Å². The summed E-state index contributed by atoms with van der Waals surface area (Å²) >= 11 is 0. The van der Waals surface area contributed by atoms with Crippen LogP contribution in [0, 0.1) is 6.92 Å². The number of hydrogen-bond acceptors (Lipinski definition) is 3. The van der Waals surface area contributed by atoms with Crippen molar-refractivity contribution < 1.29 is 4.79 Å². The Morgan fingerprint density at radius 3 is 2.71 bits per heavy atom. The van der Waals surface area contributed by atoms with Gasteiger partial charge >= 0.3 is 0 Å². The van der Waals surface area contributed by atoms with Crippen molar-refractivity contribution in [3.05, 3.63) is 65.5 Å². The van der Waals surface area contributed by atoms with Crippen molar-refractivity contribution in [2.45, 2.75) is 13.0 Å². The van der Waals surface area contributed by atoms with E-state index in [0.29, 0.717) is 11.3 Å². The number of hydrogen-bond donors (Lipinski definition) is 1.